The van der Waals surface area contributed by atoms with Gasteiger partial charge in [0.15, 0.2) is 0 Å². The lowest BCUT2D eigenvalue weighted by Gasteiger charge is -2.13. The lowest BCUT2D eigenvalue weighted by Crippen LogP contribution is -2.36. The number of hydrogen-bond donors (Lipinski definition) is 2. The first-order valence-corrected chi connectivity index (χ1v) is 13.7. The van der Waals surface area contributed by atoms with E-state index in [0.717, 1.165) is 33.7 Å². The maximum absolute atomic E-state index is 13.1. The third-order valence-corrected chi connectivity index (χ3v) is 7.45. The molecule has 1 aliphatic rings. The van der Waals surface area contributed by atoms with Gasteiger partial charge < -0.3 is 19.7 Å². The van der Waals surface area contributed by atoms with Gasteiger partial charge in [-0.25, -0.2) is 9.59 Å². The largest absolute Gasteiger partial charge is 0.478 e. The van der Waals surface area contributed by atoms with E-state index < -0.39 is 35.5 Å². The molecule has 0 bridgehead atoms. The molecule has 0 unspecified atom stereocenters. The fourth-order valence-corrected chi connectivity index (χ4v) is 5.26. The molecular formula is C29H26ClN3O7S. The fourth-order valence-electron chi connectivity index (χ4n) is 4.24. The molecule has 1 aliphatic heterocycles. The first kappa shape index (κ1) is 29.6. The number of amides is 3. The Morgan fingerprint density at radius 2 is 1.78 bits per heavy atom. The van der Waals surface area contributed by atoms with Crippen LogP contribution in [0.4, 0.5) is 10.5 Å². The van der Waals surface area contributed by atoms with E-state index >= 15 is 0 Å². The molecular weight excluding hydrogens is 570 g/mol. The van der Waals surface area contributed by atoms with E-state index in [2.05, 4.69) is 5.32 Å². The average molecular weight is 596 g/mol. The standard InChI is InChI=1S/C29H26ClN3O7S/c1-4-11-40-28(38)22-14-20(7-10-23(22)30)31-25(34)15-32-26(35)24(41-29(32)39)13-19-12-16(2)33(17(19)3)21-8-5-18(6-9-21)27(36)37/h5-10,12-14H,4,11,15H2,1-3H3,(H,31,34)(H,36,37)/b24-13+. The highest BCUT2D eigenvalue weighted by Crippen LogP contribution is 2.34. The quantitative estimate of drug-likeness (QED) is 0.238. The van der Waals surface area contributed by atoms with Gasteiger partial charge in [0.1, 0.15) is 6.54 Å². The second-order valence-corrected chi connectivity index (χ2v) is 10.6. The molecule has 212 valence electrons. The molecule has 3 amide bonds. The highest BCUT2D eigenvalue weighted by atomic mass is 35.5. The summed E-state index contributed by atoms with van der Waals surface area (Å²) in [5.74, 6) is -2.88. The minimum atomic E-state index is -1.02. The normalized spacial score (nSPS) is 14.0. The molecule has 3 aromatic rings. The monoisotopic (exact) mass is 595 g/mol. The number of carboxylic acids is 1. The van der Waals surface area contributed by atoms with Crippen LogP contribution in [0.5, 0.6) is 0 Å². The van der Waals surface area contributed by atoms with Gasteiger partial charge in [-0.1, -0.05) is 18.5 Å². The van der Waals surface area contributed by atoms with Crippen molar-refractivity contribution in [3.8, 4) is 5.69 Å². The molecule has 0 saturated carbocycles. The minimum Gasteiger partial charge on any atom is -0.478 e. The van der Waals surface area contributed by atoms with E-state index in [1.807, 2.05) is 31.4 Å². The van der Waals surface area contributed by atoms with E-state index in [0.29, 0.717) is 12.0 Å². The highest BCUT2D eigenvalue weighted by molar-refractivity contribution is 8.18. The van der Waals surface area contributed by atoms with E-state index in [-0.39, 0.29) is 33.3 Å². The molecule has 2 heterocycles. The summed E-state index contributed by atoms with van der Waals surface area (Å²) in [6.07, 6.45) is 2.24. The number of nitrogens with one attached hydrogen (secondary N) is 1. The zero-order valence-corrected chi connectivity index (χ0v) is 24.0. The summed E-state index contributed by atoms with van der Waals surface area (Å²) in [5.41, 5.74) is 3.58. The summed E-state index contributed by atoms with van der Waals surface area (Å²) < 4.78 is 7.01. The van der Waals surface area contributed by atoms with Crippen molar-refractivity contribution in [3.63, 3.8) is 0 Å². The second-order valence-electron chi connectivity index (χ2n) is 9.16. The molecule has 1 aromatic heterocycles. The van der Waals surface area contributed by atoms with Gasteiger partial charge in [0.05, 0.1) is 27.7 Å². The van der Waals surface area contributed by atoms with E-state index in [1.165, 1.54) is 30.3 Å². The Bertz CT molecular complexity index is 1590. The van der Waals surface area contributed by atoms with Crippen LogP contribution in [-0.4, -0.2) is 56.7 Å². The Morgan fingerprint density at radius 1 is 1.07 bits per heavy atom. The molecule has 12 heteroatoms. The third-order valence-electron chi connectivity index (χ3n) is 6.21. The topological polar surface area (TPSA) is 135 Å². The van der Waals surface area contributed by atoms with Crippen molar-refractivity contribution >= 4 is 64.1 Å². The summed E-state index contributed by atoms with van der Waals surface area (Å²) in [5, 5.41) is 11.3. The zero-order chi connectivity index (χ0) is 29.8. The van der Waals surface area contributed by atoms with Crippen LogP contribution in [0.3, 0.4) is 0 Å². The number of benzene rings is 2. The molecule has 4 rings (SSSR count). The summed E-state index contributed by atoms with van der Waals surface area (Å²) in [4.78, 5) is 62.8. The number of imide groups is 1. The molecule has 0 atom stereocenters. The van der Waals surface area contributed by atoms with Crippen LogP contribution in [-0.2, 0) is 14.3 Å². The molecule has 0 spiro atoms. The predicted octanol–water partition coefficient (Wildman–Crippen LogP) is 5.69. The number of carboxylic acid groups (broad SMARTS) is 1. The van der Waals surface area contributed by atoms with Crippen LogP contribution in [0.25, 0.3) is 11.8 Å². The van der Waals surface area contributed by atoms with Gasteiger partial charge in [0, 0.05) is 22.8 Å². The summed E-state index contributed by atoms with van der Waals surface area (Å²) >= 11 is 6.83. The van der Waals surface area contributed by atoms with Gasteiger partial charge in [0.25, 0.3) is 11.1 Å². The second kappa shape index (κ2) is 12.4. The lowest BCUT2D eigenvalue weighted by molar-refractivity contribution is -0.127. The van der Waals surface area contributed by atoms with Crippen LogP contribution in [0, 0.1) is 13.8 Å². The molecule has 0 radical (unpaired) electrons. The minimum absolute atomic E-state index is 0.0856. The van der Waals surface area contributed by atoms with Crippen LogP contribution in [0.1, 0.15) is 51.0 Å². The Labute approximate surface area is 244 Å². The number of hydrogen-bond acceptors (Lipinski definition) is 7. The van der Waals surface area contributed by atoms with Crippen molar-refractivity contribution in [3.05, 3.63) is 86.5 Å². The van der Waals surface area contributed by atoms with E-state index in [4.69, 9.17) is 21.4 Å². The van der Waals surface area contributed by atoms with Crippen LogP contribution < -0.4 is 5.32 Å². The highest BCUT2D eigenvalue weighted by Gasteiger charge is 2.36. The lowest BCUT2D eigenvalue weighted by atomic mass is 10.2. The zero-order valence-electron chi connectivity index (χ0n) is 22.4. The van der Waals surface area contributed by atoms with Crippen molar-refractivity contribution in [2.24, 2.45) is 0 Å². The van der Waals surface area contributed by atoms with Gasteiger partial charge in [-0.15, -0.1) is 0 Å². The van der Waals surface area contributed by atoms with Crippen LogP contribution in [0.15, 0.2) is 53.4 Å². The maximum Gasteiger partial charge on any atom is 0.339 e. The number of halogens is 1. The number of nitrogens with zero attached hydrogens (tertiary/aromatic N) is 2. The maximum atomic E-state index is 13.1. The van der Waals surface area contributed by atoms with E-state index in [9.17, 15) is 24.0 Å². The molecule has 0 aliphatic carbocycles. The summed E-state index contributed by atoms with van der Waals surface area (Å²) in [6.45, 7) is 5.28. The number of aryl methyl sites for hydroxylation is 1. The van der Waals surface area contributed by atoms with Crippen LogP contribution in [0.2, 0.25) is 5.02 Å². The Hall–Kier alpha value is -4.35. The number of ether oxygens (including phenoxy) is 1. The van der Waals surface area contributed by atoms with Crippen molar-refractivity contribution in [1.82, 2.24) is 9.47 Å². The van der Waals surface area contributed by atoms with Crippen molar-refractivity contribution in [2.75, 3.05) is 18.5 Å². The Morgan fingerprint density at radius 3 is 2.44 bits per heavy atom. The predicted molar refractivity (Wildman–Crippen MR) is 156 cm³/mol. The molecule has 2 aromatic carbocycles. The van der Waals surface area contributed by atoms with Crippen molar-refractivity contribution < 1.29 is 33.8 Å². The van der Waals surface area contributed by atoms with Crippen molar-refractivity contribution in [1.29, 1.82) is 0 Å². The number of esters is 1. The summed E-state index contributed by atoms with van der Waals surface area (Å²) in [6, 6.07) is 12.6. The number of aromatic nitrogens is 1. The first-order chi connectivity index (χ1) is 19.5. The molecule has 1 fully saturated rings. The van der Waals surface area contributed by atoms with Crippen LogP contribution >= 0.6 is 23.4 Å². The smallest absolute Gasteiger partial charge is 0.339 e. The number of carbonyl (C=O) groups excluding carboxylic acids is 4. The first-order valence-electron chi connectivity index (χ1n) is 12.5. The van der Waals surface area contributed by atoms with Gasteiger partial charge in [-0.3, -0.25) is 19.3 Å². The SMILES string of the molecule is CCCOC(=O)c1cc(NC(=O)CN2C(=O)S/C(=C/c3cc(C)n(-c4ccc(C(=O)O)cc4)c3C)C2=O)ccc1Cl. The average Bonchev–Trinajstić information content (AvgIpc) is 3.36. The summed E-state index contributed by atoms with van der Waals surface area (Å²) in [7, 11) is 0. The number of anilines is 1. The molecule has 41 heavy (non-hydrogen) atoms. The molecule has 10 nitrogen and oxygen atoms in total. The Balaban J connectivity index is 1.48. The molecule has 1 saturated heterocycles. The fraction of sp³-hybridized carbons (Fsp3) is 0.207. The number of thioether (sulfide) groups is 1. The number of rotatable bonds is 9. The van der Waals surface area contributed by atoms with Crippen molar-refractivity contribution in [2.45, 2.75) is 27.2 Å². The third kappa shape index (κ3) is 6.53. The van der Waals surface area contributed by atoms with Gasteiger partial charge in [-0.2, -0.15) is 0 Å². The molecule has 2 N–H and O–H groups in total. The van der Waals surface area contributed by atoms with E-state index in [1.54, 1.807) is 18.2 Å². The number of carbonyl (C=O) groups is 5. The van der Waals surface area contributed by atoms with Gasteiger partial charge in [-0.05, 0) is 92.2 Å². The Kier molecular flexibility index (Phi) is 8.99. The van der Waals surface area contributed by atoms with Gasteiger partial charge in [0.2, 0.25) is 5.91 Å². The number of aromatic carboxylic acids is 1. The van der Waals surface area contributed by atoms with Gasteiger partial charge >= 0.3 is 11.9 Å².